The van der Waals surface area contributed by atoms with Crippen LogP contribution in [-0.4, -0.2) is 48.1 Å². The Labute approximate surface area is 126 Å². The van der Waals surface area contributed by atoms with E-state index in [9.17, 15) is 4.39 Å². The van der Waals surface area contributed by atoms with Crippen LogP contribution in [0.5, 0.6) is 0 Å². The summed E-state index contributed by atoms with van der Waals surface area (Å²) in [6.45, 7) is 3.52. The number of benzene rings is 1. The normalized spacial score (nSPS) is 16.9. The number of hydrogen-bond acceptors (Lipinski definition) is 4. The molecule has 1 aliphatic rings. The SMILES string of the molecule is CN1CCN(c2nc3cc(F)c(Cl)cc3nc2Cl)CC1. The fraction of sp³-hybridized carbons (Fsp3) is 0.385. The monoisotopic (exact) mass is 314 g/mol. The molecule has 20 heavy (non-hydrogen) atoms. The third-order valence-corrected chi connectivity index (χ3v) is 3.99. The fourth-order valence-electron chi connectivity index (χ4n) is 2.24. The molecule has 0 amide bonds. The van der Waals surface area contributed by atoms with E-state index in [4.69, 9.17) is 23.2 Å². The first-order valence-electron chi connectivity index (χ1n) is 6.30. The largest absolute Gasteiger partial charge is 0.351 e. The quantitative estimate of drug-likeness (QED) is 0.810. The number of aromatic nitrogens is 2. The number of rotatable bonds is 1. The van der Waals surface area contributed by atoms with E-state index in [2.05, 4.69) is 26.8 Å². The van der Waals surface area contributed by atoms with Gasteiger partial charge in [-0.25, -0.2) is 14.4 Å². The van der Waals surface area contributed by atoms with Crippen LogP contribution in [0.4, 0.5) is 10.2 Å². The number of likely N-dealkylation sites (N-methyl/N-ethyl adjacent to an activating group) is 1. The first kappa shape index (κ1) is 13.8. The molecule has 106 valence electrons. The maximum Gasteiger partial charge on any atom is 0.172 e. The molecule has 0 aliphatic carbocycles. The number of nitrogens with zero attached hydrogens (tertiary/aromatic N) is 4. The molecular weight excluding hydrogens is 302 g/mol. The molecule has 1 aromatic carbocycles. The lowest BCUT2D eigenvalue weighted by molar-refractivity contribution is 0.312. The van der Waals surface area contributed by atoms with E-state index < -0.39 is 5.82 Å². The van der Waals surface area contributed by atoms with E-state index in [1.165, 1.54) is 12.1 Å². The first-order chi connectivity index (χ1) is 9.54. The van der Waals surface area contributed by atoms with Gasteiger partial charge in [-0.15, -0.1) is 0 Å². The van der Waals surface area contributed by atoms with Crippen LogP contribution >= 0.6 is 23.2 Å². The Balaban J connectivity index is 2.03. The molecule has 4 nitrogen and oxygen atoms in total. The maximum absolute atomic E-state index is 13.5. The van der Waals surface area contributed by atoms with Gasteiger partial charge in [0, 0.05) is 32.2 Å². The third kappa shape index (κ3) is 2.53. The average molecular weight is 315 g/mol. The minimum Gasteiger partial charge on any atom is -0.351 e. The Morgan fingerprint density at radius 2 is 1.70 bits per heavy atom. The van der Waals surface area contributed by atoms with Crippen LogP contribution < -0.4 is 4.90 Å². The van der Waals surface area contributed by atoms with Gasteiger partial charge in [-0.1, -0.05) is 23.2 Å². The lowest BCUT2D eigenvalue weighted by Gasteiger charge is -2.33. The number of hydrogen-bond donors (Lipinski definition) is 0. The molecule has 3 rings (SSSR count). The zero-order chi connectivity index (χ0) is 14.3. The number of piperazine rings is 1. The summed E-state index contributed by atoms with van der Waals surface area (Å²) in [6, 6.07) is 2.74. The Bertz CT molecular complexity index is 656. The van der Waals surface area contributed by atoms with Crippen LogP contribution in [0.15, 0.2) is 12.1 Å². The summed E-state index contributed by atoms with van der Waals surface area (Å²) in [4.78, 5) is 13.0. The molecule has 1 fully saturated rings. The topological polar surface area (TPSA) is 32.3 Å². The molecule has 0 spiro atoms. The van der Waals surface area contributed by atoms with E-state index in [1.54, 1.807) is 0 Å². The Morgan fingerprint density at radius 3 is 2.40 bits per heavy atom. The molecule has 1 aliphatic heterocycles. The van der Waals surface area contributed by atoms with Crippen molar-refractivity contribution in [2.75, 3.05) is 38.1 Å². The van der Waals surface area contributed by atoms with Gasteiger partial charge in [-0.2, -0.15) is 0 Å². The van der Waals surface area contributed by atoms with Crippen LogP contribution in [0.25, 0.3) is 11.0 Å². The van der Waals surface area contributed by atoms with E-state index >= 15 is 0 Å². The predicted octanol–water partition coefficient (Wildman–Crippen LogP) is 2.83. The first-order valence-corrected chi connectivity index (χ1v) is 7.06. The molecule has 0 unspecified atom stereocenters. The van der Waals surface area contributed by atoms with Crippen molar-refractivity contribution in [3.8, 4) is 0 Å². The molecule has 0 atom stereocenters. The second-order valence-electron chi connectivity index (χ2n) is 4.88. The summed E-state index contributed by atoms with van der Waals surface area (Å²) in [5.41, 5.74) is 0.963. The highest BCUT2D eigenvalue weighted by atomic mass is 35.5. The molecule has 0 radical (unpaired) electrons. The van der Waals surface area contributed by atoms with Crippen LogP contribution in [0.2, 0.25) is 10.2 Å². The summed E-state index contributed by atoms with van der Waals surface area (Å²) < 4.78 is 13.5. The van der Waals surface area contributed by atoms with Crippen molar-refractivity contribution >= 4 is 40.1 Å². The highest BCUT2D eigenvalue weighted by Crippen LogP contribution is 2.28. The Kier molecular flexibility index (Phi) is 3.67. The van der Waals surface area contributed by atoms with Gasteiger partial charge in [-0.05, 0) is 13.1 Å². The summed E-state index contributed by atoms with van der Waals surface area (Å²) in [5, 5.41) is 0.347. The highest BCUT2D eigenvalue weighted by Gasteiger charge is 2.19. The molecule has 1 aromatic heterocycles. The highest BCUT2D eigenvalue weighted by molar-refractivity contribution is 6.32. The smallest absolute Gasteiger partial charge is 0.172 e. The minimum atomic E-state index is -0.500. The fourth-order valence-corrected chi connectivity index (χ4v) is 2.65. The van der Waals surface area contributed by atoms with Gasteiger partial charge in [0.2, 0.25) is 0 Å². The molecule has 7 heteroatoms. The molecule has 2 heterocycles. The molecule has 0 bridgehead atoms. The van der Waals surface area contributed by atoms with E-state index in [-0.39, 0.29) is 5.02 Å². The van der Waals surface area contributed by atoms with Crippen LogP contribution in [0.3, 0.4) is 0 Å². The summed E-state index contributed by atoms with van der Waals surface area (Å²) in [5.74, 6) is 0.106. The third-order valence-electron chi connectivity index (χ3n) is 3.45. The molecule has 0 saturated carbocycles. The van der Waals surface area contributed by atoms with Crippen molar-refractivity contribution in [1.29, 1.82) is 0 Å². The van der Waals surface area contributed by atoms with Gasteiger partial charge in [0.15, 0.2) is 11.0 Å². The van der Waals surface area contributed by atoms with E-state index in [1.807, 2.05) is 0 Å². The van der Waals surface area contributed by atoms with Crippen molar-refractivity contribution in [2.24, 2.45) is 0 Å². The maximum atomic E-state index is 13.5. The van der Waals surface area contributed by atoms with E-state index in [0.29, 0.717) is 22.0 Å². The second-order valence-corrected chi connectivity index (χ2v) is 5.65. The molecular formula is C13H13Cl2FN4. The van der Waals surface area contributed by atoms with Crippen molar-refractivity contribution in [3.05, 3.63) is 28.1 Å². The standard InChI is InChI=1S/C13H13Cl2FN4/c1-19-2-4-20(5-3-19)13-12(15)17-10-6-8(14)9(16)7-11(10)18-13/h6-7H,2-5H2,1H3. The summed E-state index contributed by atoms with van der Waals surface area (Å²) in [7, 11) is 2.07. The second kappa shape index (κ2) is 5.31. The van der Waals surface area contributed by atoms with Gasteiger partial charge in [-0.3, -0.25) is 0 Å². The Morgan fingerprint density at radius 1 is 1.05 bits per heavy atom. The van der Waals surface area contributed by atoms with E-state index in [0.717, 1.165) is 26.2 Å². The number of anilines is 1. The minimum absolute atomic E-state index is 0.0233. The summed E-state index contributed by atoms with van der Waals surface area (Å²) >= 11 is 11.9. The van der Waals surface area contributed by atoms with Gasteiger partial charge in [0.05, 0.1) is 16.1 Å². The zero-order valence-corrected chi connectivity index (χ0v) is 12.4. The lowest BCUT2D eigenvalue weighted by Crippen LogP contribution is -2.45. The van der Waals surface area contributed by atoms with Crippen molar-refractivity contribution in [2.45, 2.75) is 0 Å². The van der Waals surface area contributed by atoms with Gasteiger partial charge in [0.1, 0.15) is 5.82 Å². The summed E-state index contributed by atoms with van der Waals surface area (Å²) in [6.07, 6.45) is 0. The average Bonchev–Trinajstić information content (AvgIpc) is 2.41. The van der Waals surface area contributed by atoms with Crippen LogP contribution in [0.1, 0.15) is 0 Å². The van der Waals surface area contributed by atoms with Gasteiger partial charge < -0.3 is 9.80 Å². The van der Waals surface area contributed by atoms with Crippen molar-refractivity contribution in [1.82, 2.24) is 14.9 Å². The number of fused-ring (bicyclic) bond motifs is 1. The van der Waals surface area contributed by atoms with Gasteiger partial charge >= 0.3 is 0 Å². The number of halogens is 3. The van der Waals surface area contributed by atoms with Crippen molar-refractivity contribution in [3.63, 3.8) is 0 Å². The predicted molar refractivity (Wildman–Crippen MR) is 79.2 cm³/mol. The van der Waals surface area contributed by atoms with Crippen LogP contribution in [-0.2, 0) is 0 Å². The molecule has 1 saturated heterocycles. The van der Waals surface area contributed by atoms with Gasteiger partial charge in [0.25, 0.3) is 0 Å². The lowest BCUT2D eigenvalue weighted by atomic mass is 10.3. The molecule has 2 aromatic rings. The zero-order valence-electron chi connectivity index (χ0n) is 10.9. The van der Waals surface area contributed by atoms with Crippen molar-refractivity contribution < 1.29 is 4.39 Å². The Hall–Kier alpha value is -1.17. The van der Waals surface area contributed by atoms with Crippen LogP contribution in [0, 0.1) is 5.82 Å². The molecule has 0 N–H and O–H groups in total.